The highest BCUT2D eigenvalue weighted by molar-refractivity contribution is 6.64. The summed E-state index contributed by atoms with van der Waals surface area (Å²) in [5.74, 6) is 0.769. The molecule has 0 aromatic carbocycles. The van der Waals surface area contributed by atoms with Crippen LogP contribution in [0.5, 0.6) is 0 Å². The van der Waals surface area contributed by atoms with Gasteiger partial charge in [-0.15, -0.1) is 0 Å². The molecule has 0 aliphatic rings. The van der Waals surface area contributed by atoms with Gasteiger partial charge < -0.3 is 8.85 Å². The fourth-order valence-corrected chi connectivity index (χ4v) is 4.39. The number of unbranched alkanes of at least 4 members (excludes halogenated alkanes) is 5. The van der Waals surface area contributed by atoms with Crippen molar-refractivity contribution in [2.45, 2.75) is 105 Å². The fraction of sp³-hybridized carbons (Fsp3) is 1.00. The second kappa shape index (κ2) is 12.7. The summed E-state index contributed by atoms with van der Waals surface area (Å²) in [6.45, 7) is 14.2. The smallest absolute Gasteiger partial charge is 0.331 e. The SMILES string of the molecule is CCCCCCCCC(C)O[Si](C)(C)OCCCC(C)C. The molecule has 0 spiro atoms. The van der Waals surface area contributed by atoms with Gasteiger partial charge in [-0.25, -0.2) is 0 Å². The molecule has 0 radical (unpaired) electrons. The van der Waals surface area contributed by atoms with Gasteiger partial charge in [0, 0.05) is 12.7 Å². The summed E-state index contributed by atoms with van der Waals surface area (Å²) in [6.07, 6.45) is 12.1. The highest BCUT2D eigenvalue weighted by atomic mass is 28.4. The minimum Gasteiger partial charge on any atom is -0.395 e. The van der Waals surface area contributed by atoms with E-state index in [4.69, 9.17) is 8.85 Å². The zero-order valence-corrected chi connectivity index (χ0v) is 16.5. The Morgan fingerprint density at radius 3 is 2.05 bits per heavy atom. The first-order valence-electron chi connectivity index (χ1n) is 9.19. The Balaban J connectivity index is 3.63. The Morgan fingerprint density at radius 1 is 0.810 bits per heavy atom. The largest absolute Gasteiger partial charge is 0.395 e. The molecule has 0 aromatic rings. The molecule has 1 atom stereocenters. The van der Waals surface area contributed by atoms with Crippen molar-refractivity contribution in [2.24, 2.45) is 5.92 Å². The van der Waals surface area contributed by atoms with Crippen LogP contribution in [0.4, 0.5) is 0 Å². The summed E-state index contributed by atoms with van der Waals surface area (Å²) >= 11 is 0. The van der Waals surface area contributed by atoms with Gasteiger partial charge in [0.2, 0.25) is 0 Å². The second-order valence-electron chi connectivity index (χ2n) is 7.27. The summed E-state index contributed by atoms with van der Waals surface area (Å²) in [5.41, 5.74) is 0. The van der Waals surface area contributed by atoms with Crippen molar-refractivity contribution in [3.63, 3.8) is 0 Å². The van der Waals surface area contributed by atoms with E-state index in [-0.39, 0.29) is 0 Å². The minimum atomic E-state index is -1.92. The highest BCUT2D eigenvalue weighted by Gasteiger charge is 2.26. The van der Waals surface area contributed by atoms with E-state index >= 15 is 0 Å². The van der Waals surface area contributed by atoms with Crippen LogP contribution >= 0.6 is 0 Å². The summed E-state index contributed by atoms with van der Waals surface area (Å²) in [5, 5.41) is 0. The van der Waals surface area contributed by atoms with Crippen LogP contribution in [0.2, 0.25) is 13.1 Å². The van der Waals surface area contributed by atoms with Gasteiger partial charge in [-0.2, -0.15) is 0 Å². The van der Waals surface area contributed by atoms with Crippen molar-refractivity contribution < 1.29 is 8.85 Å². The fourth-order valence-electron chi connectivity index (χ4n) is 2.60. The molecule has 0 amide bonds. The molecule has 128 valence electrons. The summed E-state index contributed by atoms with van der Waals surface area (Å²) in [6, 6.07) is 0. The van der Waals surface area contributed by atoms with Crippen LogP contribution in [0.1, 0.15) is 85.5 Å². The Bertz CT molecular complexity index is 229. The van der Waals surface area contributed by atoms with Gasteiger partial charge in [-0.05, 0) is 45.2 Å². The molecule has 21 heavy (non-hydrogen) atoms. The molecule has 1 unspecified atom stereocenters. The Morgan fingerprint density at radius 2 is 1.43 bits per heavy atom. The molecule has 0 fully saturated rings. The van der Waals surface area contributed by atoms with E-state index in [1.54, 1.807) is 0 Å². The van der Waals surface area contributed by atoms with Crippen LogP contribution in [-0.2, 0) is 8.85 Å². The van der Waals surface area contributed by atoms with Crippen LogP contribution in [0, 0.1) is 5.92 Å². The zero-order chi connectivity index (χ0) is 16.1. The third kappa shape index (κ3) is 14.8. The topological polar surface area (TPSA) is 18.5 Å². The zero-order valence-electron chi connectivity index (χ0n) is 15.5. The van der Waals surface area contributed by atoms with Crippen molar-refractivity contribution in [2.75, 3.05) is 6.61 Å². The van der Waals surface area contributed by atoms with E-state index < -0.39 is 8.56 Å². The normalized spacial score (nSPS) is 13.9. The van der Waals surface area contributed by atoms with E-state index in [1.807, 2.05) is 0 Å². The molecule has 0 aromatic heterocycles. The third-order valence-electron chi connectivity index (χ3n) is 3.82. The molecule has 0 saturated carbocycles. The first-order chi connectivity index (χ1) is 9.87. The first kappa shape index (κ1) is 21.1. The lowest BCUT2D eigenvalue weighted by Crippen LogP contribution is -2.38. The predicted octanol–water partition coefficient (Wildman–Crippen LogP) is 6.30. The summed E-state index contributed by atoms with van der Waals surface area (Å²) in [7, 11) is -1.92. The van der Waals surface area contributed by atoms with E-state index in [9.17, 15) is 0 Å². The van der Waals surface area contributed by atoms with Crippen molar-refractivity contribution in [1.29, 1.82) is 0 Å². The monoisotopic (exact) mass is 316 g/mol. The molecule has 0 heterocycles. The van der Waals surface area contributed by atoms with Crippen molar-refractivity contribution in [1.82, 2.24) is 0 Å². The van der Waals surface area contributed by atoms with Gasteiger partial charge >= 0.3 is 8.56 Å². The van der Waals surface area contributed by atoms with Crippen LogP contribution in [0.15, 0.2) is 0 Å². The van der Waals surface area contributed by atoms with Gasteiger partial charge in [-0.1, -0.05) is 59.3 Å². The van der Waals surface area contributed by atoms with Gasteiger partial charge in [0.1, 0.15) is 0 Å². The molecule has 3 heteroatoms. The highest BCUT2D eigenvalue weighted by Crippen LogP contribution is 2.16. The molecule has 0 bridgehead atoms. The van der Waals surface area contributed by atoms with Crippen molar-refractivity contribution in [3.8, 4) is 0 Å². The van der Waals surface area contributed by atoms with E-state index in [2.05, 4.69) is 40.8 Å². The Kier molecular flexibility index (Phi) is 12.7. The molecule has 0 N–H and O–H groups in total. The van der Waals surface area contributed by atoms with Gasteiger partial charge in [-0.3, -0.25) is 0 Å². The van der Waals surface area contributed by atoms with E-state index in [1.165, 1.54) is 51.4 Å². The van der Waals surface area contributed by atoms with E-state index in [0.29, 0.717) is 6.10 Å². The Hall–Kier alpha value is 0.137. The summed E-state index contributed by atoms with van der Waals surface area (Å²) < 4.78 is 12.2. The molecular weight excluding hydrogens is 276 g/mol. The maximum Gasteiger partial charge on any atom is 0.331 e. The van der Waals surface area contributed by atoms with Crippen molar-refractivity contribution >= 4 is 8.56 Å². The van der Waals surface area contributed by atoms with Crippen LogP contribution in [0.3, 0.4) is 0 Å². The lowest BCUT2D eigenvalue weighted by atomic mass is 10.1. The maximum atomic E-state index is 6.19. The molecule has 0 saturated heterocycles. The third-order valence-corrected chi connectivity index (χ3v) is 5.69. The lowest BCUT2D eigenvalue weighted by Gasteiger charge is -2.27. The first-order valence-corrected chi connectivity index (χ1v) is 12.0. The van der Waals surface area contributed by atoms with Gasteiger partial charge in [0.25, 0.3) is 0 Å². The number of rotatable bonds is 14. The van der Waals surface area contributed by atoms with Crippen LogP contribution in [0.25, 0.3) is 0 Å². The van der Waals surface area contributed by atoms with Gasteiger partial charge in [0.15, 0.2) is 0 Å². The van der Waals surface area contributed by atoms with Crippen LogP contribution < -0.4 is 0 Å². The minimum absolute atomic E-state index is 0.350. The standard InChI is InChI=1S/C18H40O2Si/c1-7-8-9-10-11-12-15-18(4)20-21(5,6)19-16-13-14-17(2)3/h17-18H,7-16H2,1-6H3. The predicted molar refractivity (Wildman–Crippen MR) is 96.0 cm³/mol. The molecule has 2 nitrogen and oxygen atoms in total. The lowest BCUT2D eigenvalue weighted by molar-refractivity contribution is 0.121. The van der Waals surface area contributed by atoms with Crippen molar-refractivity contribution in [3.05, 3.63) is 0 Å². The molecule has 0 rings (SSSR count). The Labute approximate surface area is 135 Å². The molecular formula is C18H40O2Si. The average Bonchev–Trinajstić information content (AvgIpc) is 2.38. The van der Waals surface area contributed by atoms with Crippen LogP contribution in [-0.4, -0.2) is 21.3 Å². The number of hydrogen-bond donors (Lipinski definition) is 0. The summed E-state index contributed by atoms with van der Waals surface area (Å²) in [4.78, 5) is 0. The quantitative estimate of drug-likeness (QED) is 0.277. The molecule has 0 aliphatic carbocycles. The average molecular weight is 317 g/mol. The number of hydrogen-bond acceptors (Lipinski definition) is 2. The molecule has 0 aliphatic heterocycles. The second-order valence-corrected chi connectivity index (χ2v) is 10.6. The van der Waals surface area contributed by atoms with E-state index in [0.717, 1.165) is 18.9 Å². The van der Waals surface area contributed by atoms with Gasteiger partial charge in [0.05, 0.1) is 0 Å². The maximum absolute atomic E-state index is 6.19.